The zero-order chi connectivity index (χ0) is 19.4. The summed E-state index contributed by atoms with van der Waals surface area (Å²) >= 11 is 5.94. The Morgan fingerprint density at radius 3 is 2.63 bits per heavy atom. The Labute approximate surface area is 163 Å². The predicted octanol–water partition coefficient (Wildman–Crippen LogP) is 2.99. The van der Waals surface area contributed by atoms with E-state index in [0.717, 1.165) is 16.7 Å². The van der Waals surface area contributed by atoms with Gasteiger partial charge in [-0.1, -0.05) is 23.7 Å². The van der Waals surface area contributed by atoms with E-state index in [4.69, 9.17) is 21.1 Å². The third kappa shape index (κ3) is 4.28. The van der Waals surface area contributed by atoms with Crippen molar-refractivity contribution in [3.8, 4) is 11.5 Å². The molecule has 3 N–H and O–H groups in total. The van der Waals surface area contributed by atoms with Gasteiger partial charge in [0.25, 0.3) is 0 Å². The number of urea groups is 1. The lowest BCUT2D eigenvalue weighted by atomic mass is 9.95. The number of nitrogens with one attached hydrogen (secondary N) is 2. The van der Waals surface area contributed by atoms with Crippen molar-refractivity contribution in [3.63, 3.8) is 0 Å². The van der Waals surface area contributed by atoms with E-state index in [2.05, 4.69) is 10.6 Å². The van der Waals surface area contributed by atoms with Crippen LogP contribution in [0.3, 0.4) is 0 Å². The Hall–Kier alpha value is -2.44. The largest absolute Gasteiger partial charge is 0.493 e. The highest BCUT2D eigenvalue weighted by Gasteiger charge is 2.38. The summed E-state index contributed by atoms with van der Waals surface area (Å²) in [6, 6.07) is 10.6. The van der Waals surface area contributed by atoms with Crippen molar-refractivity contribution in [2.75, 3.05) is 20.8 Å². The fourth-order valence-corrected chi connectivity index (χ4v) is 3.55. The molecule has 0 saturated heterocycles. The van der Waals surface area contributed by atoms with Crippen molar-refractivity contribution >= 4 is 17.6 Å². The number of rotatable bonds is 6. The lowest BCUT2D eigenvalue weighted by Crippen LogP contribution is -2.43. The van der Waals surface area contributed by atoms with Gasteiger partial charge in [0.15, 0.2) is 11.5 Å². The molecular weight excluding hydrogens is 368 g/mol. The van der Waals surface area contributed by atoms with Gasteiger partial charge in [-0.2, -0.15) is 0 Å². The van der Waals surface area contributed by atoms with Gasteiger partial charge >= 0.3 is 6.03 Å². The Morgan fingerprint density at radius 2 is 1.93 bits per heavy atom. The van der Waals surface area contributed by atoms with Gasteiger partial charge in [-0.3, -0.25) is 0 Å². The van der Waals surface area contributed by atoms with E-state index >= 15 is 0 Å². The van der Waals surface area contributed by atoms with Gasteiger partial charge < -0.3 is 25.2 Å². The normalized spacial score (nSPS) is 17.9. The van der Waals surface area contributed by atoms with Crippen LogP contribution in [0.2, 0.25) is 5.02 Å². The first kappa shape index (κ1) is 19.3. The molecule has 0 radical (unpaired) electrons. The van der Waals surface area contributed by atoms with E-state index in [0.29, 0.717) is 35.9 Å². The number of methoxy groups -OCH3 is 2. The lowest BCUT2D eigenvalue weighted by molar-refractivity contribution is 0.0410. The van der Waals surface area contributed by atoms with Gasteiger partial charge in [-0.05, 0) is 53.8 Å². The fourth-order valence-electron chi connectivity index (χ4n) is 3.34. The average molecular weight is 391 g/mol. The third-order valence-corrected chi connectivity index (χ3v) is 5.04. The second-order valence-electron chi connectivity index (χ2n) is 6.56. The van der Waals surface area contributed by atoms with Crippen molar-refractivity contribution < 1.29 is 19.4 Å². The number of halogens is 1. The van der Waals surface area contributed by atoms with Gasteiger partial charge in [0.2, 0.25) is 0 Å². The first-order chi connectivity index (χ1) is 12.9. The van der Waals surface area contributed by atoms with E-state index in [1.165, 1.54) is 0 Å². The molecule has 2 aromatic carbocycles. The van der Waals surface area contributed by atoms with Crippen molar-refractivity contribution in [1.29, 1.82) is 0 Å². The molecule has 0 heterocycles. The molecule has 0 spiro atoms. The Morgan fingerprint density at radius 1 is 1.19 bits per heavy atom. The summed E-state index contributed by atoms with van der Waals surface area (Å²) in [5.74, 6) is 1.19. The molecule has 0 fully saturated rings. The van der Waals surface area contributed by atoms with Crippen LogP contribution in [0.25, 0.3) is 0 Å². The molecule has 2 amide bonds. The van der Waals surface area contributed by atoms with Crippen LogP contribution in [-0.2, 0) is 18.6 Å². The van der Waals surface area contributed by atoms with E-state index in [-0.39, 0.29) is 12.6 Å². The molecule has 1 aliphatic rings. The molecule has 0 aliphatic heterocycles. The molecule has 6 nitrogen and oxygen atoms in total. The molecule has 27 heavy (non-hydrogen) atoms. The number of amides is 2. The zero-order valence-corrected chi connectivity index (χ0v) is 16.1. The average Bonchev–Trinajstić information content (AvgIpc) is 3.00. The van der Waals surface area contributed by atoms with Gasteiger partial charge in [0.05, 0.1) is 20.8 Å². The van der Waals surface area contributed by atoms with Gasteiger partial charge in [-0.25, -0.2) is 4.79 Å². The highest BCUT2D eigenvalue weighted by atomic mass is 35.5. The number of aliphatic hydroxyl groups is 1. The highest BCUT2D eigenvalue weighted by molar-refractivity contribution is 6.30. The molecule has 2 aromatic rings. The second kappa shape index (κ2) is 8.06. The maximum atomic E-state index is 12.1. The minimum atomic E-state index is -1.14. The van der Waals surface area contributed by atoms with Crippen LogP contribution in [0.15, 0.2) is 36.4 Å². The van der Waals surface area contributed by atoms with E-state index < -0.39 is 5.60 Å². The Balaban J connectivity index is 1.62. The molecule has 144 valence electrons. The van der Waals surface area contributed by atoms with E-state index in [9.17, 15) is 9.90 Å². The molecule has 1 atom stereocenters. The molecule has 1 aliphatic carbocycles. The third-order valence-electron chi connectivity index (χ3n) is 4.80. The highest BCUT2D eigenvalue weighted by Crippen LogP contribution is 2.42. The molecule has 1 unspecified atom stereocenters. The van der Waals surface area contributed by atoms with Crippen LogP contribution >= 0.6 is 11.6 Å². The number of benzene rings is 2. The monoisotopic (exact) mass is 390 g/mol. The minimum Gasteiger partial charge on any atom is -0.493 e. The van der Waals surface area contributed by atoms with E-state index in [1.54, 1.807) is 32.4 Å². The summed E-state index contributed by atoms with van der Waals surface area (Å²) < 4.78 is 10.6. The van der Waals surface area contributed by atoms with Crippen LogP contribution in [0.4, 0.5) is 4.79 Å². The topological polar surface area (TPSA) is 79.8 Å². The van der Waals surface area contributed by atoms with Crippen LogP contribution in [-0.4, -0.2) is 31.9 Å². The Kier molecular flexibility index (Phi) is 5.77. The number of fused-ring (bicyclic) bond motifs is 1. The van der Waals surface area contributed by atoms with Gasteiger partial charge in [-0.15, -0.1) is 0 Å². The molecule has 0 aromatic heterocycles. The number of hydrogen-bond acceptors (Lipinski definition) is 4. The zero-order valence-electron chi connectivity index (χ0n) is 15.3. The summed E-state index contributed by atoms with van der Waals surface area (Å²) in [7, 11) is 3.14. The standard InChI is InChI=1S/C20H23ClN2O4/c1-26-17-9-14-6-7-20(25,16(14)10-18(17)27-2)12-23-19(24)22-11-13-4-3-5-15(21)8-13/h3-5,8-10,25H,6-7,11-12H2,1-2H3,(H2,22,23,24). The summed E-state index contributed by atoms with van der Waals surface area (Å²) in [5.41, 5.74) is 1.52. The predicted molar refractivity (Wildman–Crippen MR) is 103 cm³/mol. The summed E-state index contributed by atoms with van der Waals surface area (Å²) in [4.78, 5) is 12.1. The van der Waals surface area contributed by atoms with Crippen LogP contribution in [0.1, 0.15) is 23.1 Å². The van der Waals surface area contributed by atoms with Gasteiger partial charge in [0.1, 0.15) is 5.60 Å². The smallest absolute Gasteiger partial charge is 0.315 e. The SMILES string of the molecule is COc1cc2c(cc1OC)C(O)(CNC(=O)NCc1cccc(Cl)c1)CC2. The maximum absolute atomic E-state index is 12.1. The molecule has 0 bridgehead atoms. The summed E-state index contributed by atoms with van der Waals surface area (Å²) in [6.07, 6.45) is 1.23. The minimum absolute atomic E-state index is 0.108. The van der Waals surface area contributed by atoms with Crippen molar-refractivity contribution in [2.24, 2.45) is 0 Å². The number of aryl methyl sites for hydroxylation is 1. The second-order valence-corrected chi connectivity index (χ2v) is 7.00. The molecule has 3 rings (SSSR count). The Bertz CT molecular complexity index is 843. The lowest BCUT2D eigenvalue weighted by Gasteiger charge is -2.25. The van der Waals surface area contributed by atoms with Crippen LogP contribution in [0.5, 0.6) is 11.5 Å². The number of carbonyl (C=O) groups is 1. The first-order valence-electron chi connectivity index (χ1n) is 8.69. The first-order valence-corrected chi connectivity index (χ1v) is 9.07. The molecular formula is C20H23ClN2O4. The van der Waals surface area contributed by atoms with Crippen molar-refractivity contribution in [1.82, 2.24) is 10.6 Å². The quantitative estimate of drug-likeness (QED) is 0.708. The fraction of sp³-hybridized carbons (Fsp3) is 0.350. The summed E-state index contributed by atoms with van der Waals surface area (Å²) in [6.45, 7) is 0.462. The number of hydrogen-bond donors (Lipinski definition) is 3. The number of carbonyl (C=O) groups excluding carboxylic acids is 1. The van der Waals surface area contributed by atoms with Crippen LogP contribution < -0.4 is 20.1 Å². The van der Waals surface area contributed by atoms with E-state index in [1.807, 2.05) is 18.2 Å². The van der Waals surface area contributed by atoms with Crippen molar-refractivity contribution in [3.05, 3.63) is 58.1 Å². The van der Waals surface area contributed by atoms with Crippen molar-refractivity contribution in [2.45, 2.75) is 25.0 Å². The molecule has 7 heteroatoms. The number of ether oxygens (including phenoxy) is 2. The van der Waals surface area contributed by atoms with Gasteiger partial charge in [0, 0.05) is 11.6 Å². The van der Waals surface area contributed by atoms with Crippen LogP contribution in [0, 0.1) is 0 Å². The maximum Gasteiger partial charge on any atom is 0.315 e. The molecule has 0 saturated carbocycles. The summed E-state index contributed by atoms with van der Waals surface area (Å²) in [5, 5.41) is 17.2.